The van der Waals surface area contributed by atoms with Crippen LogP contribution in [0.1, 0.15) is 17.0 Å². The number of rotatable bonds is 3. The van der Waals surface area contributed by atoms with Crippen LogP contribution in [0.4, 0.5) is 0 Å². The molecular formula is C14H15ClN2. The second kappa shape index (κ2) is 5.19. The first-order valence-electron chi connectivity index (χ1n) is 5.57. The average Bonchev–Trinajstić information content (AvgIpc) is 2.66. The summed E-state index contributed by atoms with van der Waals surface area (Å²) in [6, 6.07) is 10.3. The Morgan fingerprint density at radius 1 is 1.29 bits per heavy atom. The normalized spacial score (nSPS) is 11.2. The van der Waals surface area contributed by atoms with Crippen LogP contribution in [0, 0.1) is 13.8 Å². The first-order valence-corrected chi connectivity index (χ1v) is 6.10. The van der Waals surface area contributed by atoms with Crippen molar-refractivity contribution in [2.45, 2.75) is 13.8 Å². The van der Waals surface area contributed by atoms with Crippen LogP contribution in [-0.2, 0) is 0 Å². The van der Waals surface area contributed by atoms with Gasteiger partial charge in [0.15, 0.2) is 0 Å². The summed E-state index contributed by atoms with van der Waals surface area (Å²) in [7, 11) is 0. The van der Waals surface area contributed by atoms with E-state index >= 15 is 0 Å². The van der Waals surface area contributed by atoms with E-state index in [1.54, 1.807) is 0 Å². The summed E-state index contributed by atoms with van der Waals surface area (Å²) in [5, 5.41) is 4.47. The van der Waals surface area contributed by atoms with Crippen molar-refractivity contribution in [1.82, 2.24) is 9.78 Å². The average molecular weight is 247 g/mol. The van der Waals surface area contributed by atoms with Gasteiger partial charge in [0.2, 0.25) is 0 Å². The van der Waals surface area contributed by atoms with Gasteiger partial charge in [0.05, 0.1) is 11.4 Å². The van der Waals surface area contributed by atoms with Gasteiger partial charge in [-0.05, 0) is 37.6 Å². The number of nitrogens with zero attached hydrogens (tertiary/aromatic N) is 2. The number of hydrogen-bond donors (Lipinski definition) is 0. The third kappa shape index (κ3) is 2.77. The van der Waals surface area contributed by atoms with Crippen LogP contribution in [0.3, 0.4) is 0 Å². The zero-order chi connectivity index (χ0) is 12.3. The molecule has 0 radical (unpaired) electrons. The lowest BCUT2D eigenvalue weighted by Gasteiger charge is -2.05. The molecule has 0 aliphatic carbocycles. The molecule has 2 nitrogen and oxygen atoms in total. The van der Waals surface area contributed by atoms with E-state index in [4.69, 9.17) is 11.6 Å². The zero-order valence-corrected chi connectivity index (χ0v) is 10.8. The Hall–Kier alpha value is -1.54. The molecule has 0 fully saturated rings. The van der Waals surface area contributed by atoms with Gasteiger partial charge in [-0.1, -0.05) is 24.3 Å². The molecule has 1 heterocycles. The largest absolute Gasteiger partial charge is 0.238 e. The van der Waals surface area contributed by atoms with E-state index in [1.165, 1.54) is 0 Å². The van der Waals surface area contributed by atoms with Crippen molar-refractivity contribution in [3.63, 3.8) is 0 Å². The number of aryl methyl sites for hydroxylation is 2. The molecule has 0 unspecified atom stereocenters. The predicted octanol–water partition coefficient (Wildman–Crippen LogP) is 3.74. The van der Waals surface area contributed by atoms with Gasteiger partial charge in [-0.3, -0.25) is 0 Å². The summed E-state index contributed by atoms with van der Waals surface area (Å²) >= 11 is 5.63. The minimum absolute atomic E-state index is 0.532. The van der Waals surface area contributed by atoms with E-state index in [-0.39, 0.29) is 0 Å². The molecule has 2 aromatic rings. The monoisotopic (exact) mass is 246 g/mol. The lowest BCUT2D eigenvalue weighted by Crippen LogP contribution is -1.98. The van der Waals surface area contributed by atoms with Gasteiger partial charge in [0.1, 0.15) is 0 Å². The Labute approximate surface area is 107 Å². The number of aromatic nitrogens is 2. The molecule has 1 aromatic carbocycles. The summed E-state index contributed by atoms with van der Waals surface area (Å²) in [5.41, 5.74) is 4.38. The fourth-order valence-electron chi connectivity index (χ4n) is 1.83. The molecule has 1 aromatic heterocycles. The molecule has 0 amide bonds. The maximum atomic E-state index is 5.63. The number of benzene rings is 1. The van der Waals surface area contributed by atoms with E-state index in [0.717, 1.165) is 22.6 Å². The number of hydrogen-bond acceptors (Lipinski definition) is 1. The van der Waals surface area contributed by atoms with Crippen molar-refractivity contribution in [2.24, 2.45) is 0 Å². The highest BCUT2D eigenvalue weighted by molar-refractivity contribution is 6.19. The fraction of sp³-hybridized carbons (Fsp3) is 0.214. The van der Waals surface area contributed by atoms with E-state index in [1.807, 2.05) is 29.8 Å². The van der Waals surface area contributed by atoms with Gasteiger partial charge in [0.25, 0.3) is 0 Å². The van der Waals surface area contributed by atoms with Crippen molar-refractivity contribution in [2.75, 3.05) is 5.88 Å². The first kappa shape index (κ1) is 11.9. The zero-order valence-electron chi connectivity index (χ0n) is 10.0. The lowest BCUT2D eigenvalue weighted by atomic mass is 10.2. The Morgan fingerprint density at radius 2 is 2.12 bits per heavy atom. The molecule has 0 aliphatic rings. The molecule has 0 spiro atoms. The van der Waals surface area contributed by atoms with Crippen LogP contribution in [-0.4, -0.2) is 15.7 Å². The Kier molecular flexibility index (Phi) is 3.64. The second-order valence-corrected chi connectivity index (χ2v) is 4.30. The van der Waals surface area contributed by atoms with Crippen molar-refractivity contribution < 1.29 is 0 Å². The van der Waals surface area contributed by atoms with Crippen LogP contribution < -0.4 is 0 Å². The topological polar surface area (TPSA) is 17.8 Å². The van der Waals surface area contributed by atoms with E-state index in [2.05, 4.69) is 36.3 Å². The quantitative estimate of drug-likeness (QED) is 0.755. The number of halogens is 1. The molecule has 3 heteroatoms. The van der Waals surface area contributed by atoms with Gasteiger partial charge >= 0.3 is 0 Å². The summed E-state index contributed by atoms with van der Waals surface area (Å²) in [5.74, 6) is 0.532. The lowest BCUT2D eigenvalue weighted by molar-refractivity contribution is 0.833. The van der Waals surface area contributed by atoms with Crippen molar-refractivity contribution in [1.29, 1.82) is 0 Å². The molecule has 0 saturated carbocycles. The van der Waals surface area contributed by atoms with Crippen molar-refractivity contribution >= 4 is 17.7 Å². The third-order valence-corrected chi connectivity index (χ3v) is 2.70. The minimum Gasteiger partial charge on any atom is -0.238 e. The molecule has 2 rings (SSSR count). The summed E-state index contributed by atoms with van der Waals surface area (Å²) < 4.78 is 1.95. The summed E-state index contributed by atoms with van der Waals surface area (Å²) in [4.78, 5) is 0. The van der Waals surface area contributed by atoms with Gasteiger partial charge in [-0.25, -0.2) is 4.68 Å². The Bertz CT molecular complexity index is 541. The van der Waals surface area contributed by atoms with Crippen LogP contribution in [0.5, 0.6) is 0 Å². The molecule has 0 bridgehead atoms. The highest BCUT2D eigenvalue weighted by atomic mass is 35.5. The predicted molar refractivity (Wildman–Crippen MR) is 72.8 cm³/mol. The van der Waals surface area contributed by atoms with Gasteiger partial charge in [0, 0.05) is 11.6 Å². The third-order valence-electron chi connectivity index (χ3n) is 2.52. The first-order chi connectivity index (χ1) is 8.20. The fourth-order valence-corrected chi connectivity index (χ4v) is 1.92. The van der Waals surface area contributed by atoms with Crippen LogP contribution in [0.25, 0.3) is 11.8 Å². The minimum atomic E-state index is 0.532. The molecule has 0 atom stereocenters. The smallest absolute Gasteiger partial charge is 0.0654 e. The highest BCUT2D eigenvalue weighted by Gasteiger charge is 2.03. The van der Waals surface area contributed by atoms with E-state index < -0.39 is 0 Å². The molecule has 0 N–H and O–H groups in total. The standard InChI is InChI=1S/C14H15ClN2/c1-11-9-12(2)17(16-11)14-7-3-5-13(10-14)6-4-8-15/h3-7,9-10H,8H2,1-2H3. The van der Waals surface area contributed by atoms with Gasteiger partial charge < -0.3 is 0 Å². The maximum Gasteiger partial charge on any atom is 0.0654 e. The van der Waals surface area contributed by atoms with Crippen molar-refractivity contribution in [3.8, 4) is 5.69 Å². The second-order valence-electron chi connectivity index (χ2n) is 3.99. The molecule has 17 heavy (non-hydrogen) atoms. The van der Waals surface area contributed by atoms with Crippen LogP contribution in [0.2, 0.25) is 0 Å². The van der Waals surface area contributed by atoms with E-state index in [9.17, 15) is 0 Å². The summed E-state index contributed by atoms with van der Waals surface area (Å²) in [6.45, 7) is 4.06. The van der Waals surface area contributed by atoms with Gasteiger partial charge in [-0.2, -0.15) is 5.10 Å². The molecule has 88 valence electrons. The molecule has 0 saturated heterocycles. The molecular weight excluding hydrogens is 232 g/mol. The Balaban J connectivity index is 2.39. The Morgan fingerprint density at radius 3 is 2.76 bits per heavy atom. The van der Waals surface area contributed by atoms with E-state index in [0.29, 0.717) is 5.88 Å². The molecule has 0 aliphatic heterocycles. The van der Waals surface area contributed by atoms with Crippen molar-refractivity contribution in [3.05, 3.63) is 53.4 Å². The maximum absolute atomic E-state index is 5.63. The number of allylic oxidation sites excluding steroid dienone is 1. The number of alkyl halides is 1. The van der Waals surface area contributed by atoms with Crippen LogP contribution in [0.15, 0.2) is 36.4 Å². The highest BCUT2D eigenvalue weighted by Crippen LogP contribution is 2.14. The SMILES string of the molecule is Cc1cc(C)n(-c2cccc(C=CCCl)c2)n1. The van der Waals surface area contributed by atoms with Crippen LogP contribution >= 0.6 is 11.6 Å². The summed E-state index contributed by atoms with van der Waals surface area (Å²) in [6.07, 6.45) is 3.95. The van der Waals surface area contributed by atoms with Gasteiger partial charge in [-0.15, -0.1) is 11.6 Å².